The quantitative estimate of drug-likeness (QED) is 0.851. The number of hydrogen-bond acceptors (Lipinski definition) is 1. The highest BCUT2D eigenvalue weighted by Gasteiger charge is 2.28. The first-order valence-electron chi connectivity index (χ1n) is 7.38. The number of halogens is 2. The van der Waals surface area contributed by atoms with E-state index >= 15 is 0 Å². The van der Waals surface area contributed by atoms with Crippen LogP contribution in [0.25, 0.3) is 0 Å². The first-order chi connectivity index (χ1) is 10.2. The van der Waals surface area contributed by atoms with Crippen molar-refractivity contribution in [2.24, 2.45) is 5.92 Å². The lowest BCUT2D eigenvalue weighted by Crippen LogP contribution is -2.30. The molecule has 110 valence electrons. The van der Waals surface area contributed by atoms with Crippen LogP contribution in [0.15, 0.2) is 46.9 Å². The highest BCUT2D eigenvalue weighted by molar-refractivity contribution is 9.10. The number of nitrogens with one attached hydrogen (secondary N) is 1. The Kier molecular flexibility index (Phi) is 4.41. The molecule has 3 heteroatoms. The van der Waals surface area contributed by atoms with Crippen LogP contribution in [-0.4, -0.2) is 7.05 Å². The second kappa shape index (κ2) is 6.29. The van der Waals surface area contributed by atoms with Gasteiger partial charge in [-0.3, -0.25) is 0 Å². The number of rotatable bonds is 3. The third-order valence-electron chi connectivity index (χ3n) is 4.46. The molecule has 0 fully saturated rings. The Morgan fingerprint density at radius 1 is 1.19 bits per heavy atom. The second-order valence-electron chi connectivity index (χ2n) is 5.70. The van der Waals surface area contributed by atoms with Crippen LogP contribution >= 0.6 is 15.9 Å². The predicted molar refractivity (Wildman–Crippen MR) is 87.9 cm³/mol. The summed E-state index contributed by atoms with van der Waals surface area (Å²) in [4.78, 5) is 0. The van der Waals surface area contributed by atoms with Crippen molar-refractivity contribution >= 4 is 15.9 Å². The molecule has 1 nitrogen and oxygen atoms in total. The molecule has 0 saturated carbocycles. The molecule has 0 aliphatic heterocycles. The number of fused-ring (bicyclic) bond motifs is 1. The molecule has 3 rings (SSSR count). The molecule has 0 radical (unpaired) electrons. The maximum Gasteiger partial charge on any atom is 0.128 e. The zero-order valence-electron chi connectivity index (χ0n) is 12.1. The lowest BCUT2D eigenvalue weighted by molar-refractivity contribution is 0.333. The van der Waals surface area contributed by atoms with E-state index in [2.05, 4.69) is 45.5 Å². The van der Waals surface area contributed by atoms with Gasteiger partial charge in [0, 0.05) is 16.1 Å². The van der Waals surface area contributed by atoms with Gasteiger partial charge in [0.25, 0.3) is 0 Å². The minimum Gasteiger partial charge on any atom is -0.313 e. The van der Waals surface area contributed by atoms with Crippen LogP contribution in [0.1, 0.15) is 29.2 Å². The average Bonchev–Trinajstić information content (AvgIpc) is 2.51. The molecular formula is C18H19BrFN. The van der Waals surface area contributed by atoms with Gasteiger partial charge in [0.2, 0.25) is 0 Å². The van der Waals surface area contributed by atoms with Crippen LogP contribution in [0.4, 0.5) is 4.39 Å². The van der Waals surface area contributed by atoms with Gasteiger partial charge >= 0.3 is 0 Å². The van der Waals surface area contributed by atoms with Crippen LogP contribution in [-0.2, 0) is 12.8 Å². The summed E-state index contributed by atoms with van der Waals surface area (Å²) in [6, 6.07) is 13.8. The van der Waals surface area contributed by atoms with Crippen molar-refractivity contribution in [2.45, 2.75) is 25.3 Å². The highest BCUT2D eigenvalue weighted by atomic mass is 79.9. The van der Waals surface area contributed by atoms with E-state index in [9.17, 15) is 4.39 Å². The van der Waals surface area contributed by atoms with E-state index in [0.29, 0.717) is 5.92 Å². The van der Waals surface area contributed by atoms with Crippen molar-refractivity contribution in [1.82, 2.24) is 5.32 Å². The van der Waals surface area contributed by atoms with Crippen molar-refractivity contribution in [3.05, 3.63) is 69.4 Å². The largest absolute Gasteiger partial charge is 0.313 e. The summed E-state index contributed by atoms with van der Waals surface area (Å²) in [5.41, 5.74) is 3.61. The second-order valence-corrected chi connectivity index (χ2v) is 6.62. The molecule has 2 aromatic rings. The first-order valence-corrected chi connectivity index (χ1v) is 8.17. The Balaban J connectivity index is 1.90. The van der Waals surface area contributed by atoms with Gasteiger partial charge in [-0.25, -0.2) is 4.39 Å². The third kappa shape index (κ3) is 3.04. The lowest BCUT2D eigenvalue weighted by atomic mass is 9.78. The van der Waals surface area contributed by atoms with E-state index in [1.807, 2.05) is 13.1 Å². The Morgan fingerprint density at radius 2 is 1.95 bits per heavy atom. The van der Waals surface area contributed by atoms with Crippen LogP contribution in [0.2, 0.25) is 0 Å². The standard InChI is InChI=1S/C18H19BrFN/c1-21-18(16-11-15(19)8-9-17(16)20)14-7-6-12-4-2-3-5-13(12)10-14/h2-5,8-9,11,14,18,21H,6-7,10H2,1H3. The molecular weight excluding hydrogens is 329 g/mol. The SMILES string of the molecule is CNC(c1cc(Br)ccc1F)C1CCc2ccccc2C1. The average molecular weight is 348 g/mol. The van der Waals surface area contributed by atoms with Crippen LogP contribution in [0.5, 0.6) is 0 Å². The Morgan fingerprint density at radius 3 is 2.71 bits per heavy atom. The smallest absolute Gasteiger partial charge is 0.128 e. The third-order valence-corrected chi connectivity index (χ3v) is 4.95. The fraction of sp³-hybridized carbons (Fsp3) is 0.333. The molecule has 1 aliphatic rings. The summed E-state index contributed by atoms with van der Waals surface area (Å²) in [5.74, 6) is 0.296. The number of benzene rings is 2. The normalized spacial score (nSPS) is 19.1. The topological polar surface area (TPSA) is 12.0 Å². The lowest BCUT2D eigenvalue weighted by Gasteiger charge is -2.32. The fourth-order valence-corrected chi connectivity index (χ4v) is 3.79. The van der Waals surface area contributed by atoms with Crippen molar-refractivity contribution in [1.29, 1.82) is 0 Å². The summed E-state index contributed by atoms with van der Waals surface area (Å²) in [6.45, 7) is 0. The molecule has 0 spiro atoms. The van der Waals surface area contributed by atoms with E-state index in [0.717, 1.165) is 29.3 Å². The molecule has 1 N–H and O–H groups in total. The van der Waals surface area contributed by atoms with Crippen molar-refractivity contribution in [2.75, 3.05) is 7.05 Å². The predicted octanol–water partition coefficient (Wildman–Crippen LogP) is 4.65. The van der Waals surface area contributed by atoms with Gasteiger partial charge in [-0.2, -0.15) is 0 Å². The van der Waals surface area contributed by atoms with E-state index in [1.165, 1.54) is 11.1 Å². The molecule has 21 heavy (non-hydrogen) atoms. The van der Waals surface area contributed by atoms with E-state index in [1.54, 1.807) is 12.1 Å². The zero-order valence-corrected chi connectivity index (χ0v) is 13.7. The summed E-state index contributed by atoms with van der Waals surface area (Å²) in [6.07, 6.45) is 3.18. The van der Waals surface area contributed by atoms with Gasteiger partial charge in [0.15, 0.2) is 0 Å². The van der Waals surface area contributed by atoms with E-state index in [-0.39, 0.29) is 11.9 Å². The molecule has 0 amide bonds. The monoisotopic (exact) mass is 347 g/mol. The zero-order chi connectivity index (χ0) is 14.8. The molecule has 2 unspecified atom stereocenters. The van der Waals surface area contributed by atoms with Crippen LogP contribution in [0.3, 0.4) is 0 Å². The minimum absolute atomic E-state index is 0.0517. The summed E-state index contributed by atoms with van der Waals surface area (Å²) < 4.78 is 15.1. The Bertz CT molecular complexity index is 641. The summed E-state index contributed by atoms with van der Waals surface area (Å²) in [7, 11) is 1.92. The number of hydrogen-bond donors (Lipinski definition) is 1. The maximum absolute atomic E-state index is 14.2. The van der Waals surface area contributed by atoms with Gasteiger partial charge in [0.1, 0.15) is 5.82 Å². The fourth-order valence-electron chi connectivity index (χ4n) is 3.41. The summed E-state index contributed by atoms with van der Waals surface area (Å²) >= 11 is 3.45. The van der Waals surface area contributed by atoms with Gasteiger partial charge in [-0.05, 0) is 61.6 Å². The summed E-state index contributed by atoms with van der Waals surface area (Å²) in [5, 5.41) is 3.33. The number of aryl methyl sites for hydroxylation is 1. The van der Waals surface area contributed by atoms with Crippen molar-refractivity contribution in [3.63, 3.8) is 0 Å². The highest BCUT2D eigenvalue weighted by Crippen LogP contribution is 2.35. The van der Waals surface area contributed by atoms with Gasteiger partial charge in [0.05, 0.1) is 0 Å². The van der Waals surface area contributed by atoms with Gasteiger partial charge in [-0.1, -0.05) is 40.2 Å². The molecule has 1 aliphatic carbocycles. The Hall–Kier alpha value is -1.19. The molecule has 2 atom stereocenters. The maximum atomic E-state index is 14.2. The van der Waals surface area contributed by atoms with E-state index < -0.39 is 0 Å². The van der Waals surface area contributed by atoms with Crippen molar-refractivity contribution < 1.29 is 4.39 Å². The first kappa shape index (κ1) is 14.7. The van der Waals surface area contributed by atoms with Crippen LogP contribution in [0, 0.1) is 11.7 Å². The molecule has 0 bridgehead atoms. The van der Waals surface area contributed by atoms with Gasteiger partial charge < -0.3 is 5.32 Å². The minimum atomic E-state index is -0.128. The molecule has 0 aromatic heterocycles. The van der Waals surface area contributed by atoms with Crippen molar-refractivity contribution in [3.8, 4) is 0 Å². The molecule has 0 saturated heterocycles. The van der Waals surface area contributed by atoms with Crippen LogP contribution < -0.4 is 5.32 Å². The molecule has 2 aromatic carbocycles. The Labute approximate surface area is 133 Å². The van der Waals surface area contributed by atoms with Gasteiger partial charge in [-0.15, -0.1) is 0 Å². The van der Waals surface area contributed by atoms with E-state index in [4.69, 9.17) is 0 Å². The molecule has 0 heterocycles.